The Bertz CT molecular complexity index is 825. The Morgan fingerprint density at radius 3 is 2.44 bits per heavy atom. The Kier molecular flexibility index (Phi) is 5.63. The number of aromatic nitrogens is 2. The van der Waals surface area contributed by atoms with Gasteiger partial charge in [-0.2, -0.15) is 0 Å². The van der Waals surface area contributed by atoms with Crippen LogP contribution in [0.15, 0.2) is 24.3 Å². The van der Waals surface area contributed by atoms with Gasteiger partial charge in [0.15, 0.2) is 0 Å². The number of carbonyl (C=O) groups is 1. The molecule has 1 N–H and O–H groups in total. The van der Waals surface area contributed by atoms with E-state index in [2.05, 4.69) is 52.2 Å². The summed E-state index contributed by atoms with van der Waals surface area (Å²) < 4.78 is 0. The second-order valence-corrected chi connectivity index (χ2v) is 7.52. The number of carbonyl (C=O) groups excluding carboxylic acids is 1. The van der Waals surface area contributed by atoms with Crippen LogP contribution < -0.4 is 10.2 Å². The lowest BCUT2D eigenvalue weighted by Crippen LogP contribution is -2.49. The Balaban J connectivity index is 1.70. The van der Waals surface area contributed by atoms with E-state index in [4.69, 9.17) is 0 Å². The first kappa shape index (κ1) is 19.1. The SMILES string of the molecule is Cc1cc(C(=O)N2CCN(c3cccc(C)c3C)CC2)nc(NC(C)C)n1. The Labute approximate surface area is 161 Å². The number of anilines is 2. The predicted molar refractivity (Wildman–Crippen MR) is 110 cm³/mol. The molecule has 2 aromatic rings. The first-order valence-corrected chi connectivity index (χ1v) is 9.58. The average molecular weight is 367 g/mol. The summed E-state index contributed by atoms with van der Waals surface area (Å²) in [5.41, 5.74) is 5.14. The summed E-state index contributed by atoms with van der Waals surface area (Å²) in [7, 11) is 0. The Morgan fingerprint density at radius 2 is 1.78 bits per heavy atom. The van der Waals surface area contributed by atoms with Crippen molar-refractivity contribution >= 4 is 17.5 Å². The lowest BCUT2D eigenvalue weighted by Gasteiger charge is -2.37. The molecular formula is C21H29N5O. The Morgan fingerprint density at radius 1 is 1.07 bits per heavy atom. The van der Waals surface area contributed by atoms with Gasteiger partial charge in [-0.05, 0) is 57.9 Å². The van der Waals surface area contributed by atoms with Crippen LogP contribution in [0.1, 0.15) is 41.2 Å². The van der Waals surface area contributed by atoms with Crippen molar-refractivity contribution in [1.29, 1.82) is 0 Å². The molecule has 1 aliphatic heterocycles. The molecule has 0 bridgehead atoms. The minimum Gasteiger partial charge on any atom is -0.368 e. The largest absolute Gasteiger partial charge is 0.368 e. The monoisotopic (exact) mass is 367 g/mol. The van der Waals surface area contributed by atoms with E-state index in [0.29, 0.717) is 24.7 Å². The van der Waals surface area contributed by atoms with Gasteiger partial charge in [0, 0.05) is 43.6 Å². The minimum atomic E-state index is -0.0204. The van der Waals surface area contributed by atoms with Gasteiger partial charge >= 0.3 is 0 Å². The van der Waals surface area contributed by atoms with E-state index < -0.39 is 0 Å². The minimum absolute atomic E-state index is 0.0204. The normalized spacial score (nSPS) is 14.6. The van der Waals surface area contributed by atoms with Gasteiger partial charge < -0.3 is 15.1 Å². The van der Waals surface area contributed by atoms with Gasteiger partial charge in [-0.3, -0.25) is 4.79 Å². The number of benzene rings is 1. The van der Waals surface area contributed by atoms with Crippen molar-refractivity contribution in [2.75, 3.05) is 36.4 Å². The zero-order valence-corrected chi connectivity index (χ0v) is 16.9. The third-order valence-electron chi connectivity index (χ3n) is 4.97. The molecule has 27 heavy (non-hydrogen) atoms. The van der Waals surface area contributed by atoms with Crippen molar-refractivity contribution in [3.63, 3.8) is 0 Å². The fourth-order valence-electron chi connectivity index (χ4n) is 3.39. The maximum absolute atomic E-state index is 12.9. The molecule has 6 heteroatoms. The van der Waals surface area contributed by atoms with Gasteiger partial charge in [0.05, 0.1) is 0 Å². The van der Waals surface area contributed by atoms with Crippen molar-refractivity contribution in [3.05, 3.63) is 46.8 Å². The molecule has 0 saturated carbocycles. The van der Waals surface area contributed by atoms with Crippen molar-refractivity contribution in [3.8, 4) is 0 Å². The summed E-state index contributed by atoms with van der Waals surface area (Å²) >= 11 is 0. The number of nitrogens with one attached hydrogen (secondary N) is 1. The molecule has 2 heterocycles. The second kappa shape index (κ2) is 7.94. The average Bonchev–Trinajstić information content (AvgIpc) is 2.62. The van der Waals surface area contributed by atoms with E-state index in [9.17, 15) is 4.79 Å². The van der Waals surface area contributed by atoms with Crippen LogP contribution in [0.5, 0.6) is 0 Å². The zero-order chi connectivity index (χ0) is 19.6. The third-order valence-corrected chi connectivity index (χ3v) is 4.97. The predicted octanol–water partition coefficient (Wildman–Crippen LogP) is 3.18. The summed E-state index contributed by atoms with van der Waals surface area (Å²) in [6.45, 7) is 13.3. The lowest BCUT2D eigenvalue weighted by molar-refractivity contribution is 0.0740. The van der Waals surface area contributed by atoms with Crippen LogP contribution >= 0.6 is 0 Å². The summed E-state index contributed by atoms with van der Waals surface area (Å²) in [6.07, 6.45) is 0. The van der Waals surface area contributed by atoms with E-state index in [0.717, 1.165) is 18.8 Å². The van der Waals surface area contributed by atoms with Gasteiger partial charge in [-0.15, -0.1) is 0 Å². The fraction of sp³-hybridized carbons (Fsp3) is 0.476. The van der Waals surface area contributed by atoms with Crippen molar-refractivity contribution in [1.82, 2.24) is 14.9 Å². The van der Waals surface area contributed by atoms with Crippen LogP contribution in [0, 0.1) is 20.8 Å². The lowest BCUT2D eigenvalue weighted by atomic mass is 10.1. The first-order valence-electron chi connectivity index (χ1n) is 9.58. The second-order valence-electron chi connectivity index (χ2n) is 7.52. The van der Waals surface area contributed by atoms with E-state index in [1.54, 1.807) is 6.07 Å². The fourth-order valence-corrected chi connectivity index (χ4v) is 3.39. The van der Waals surface area contributed by atoms with Crippen molar-refractivity contribution in [2.24, 2.45) is 0 Å². The molecule has 0 aliphatic carbocycles. The highest BCUT2D eigenvalue weighted by atomic mass is 16.2. The molecule has 6 nitrogen and oxygen atoms in total. The smallest absolute Gasteiger partial charge is 0.272 e. The highest BCUT2D eigenvalue weighted by Crippen LogP contribution is 2.24. The van der Waals surface area contributed by atoms with Crippen LogP contribution in [-0.2, 0) is 0 Å². The summed E-state index contributed by atoms with van der Waals surface area (Å²) in [4.78, 5) is 26.0. The van der Waals surface area contributed by atoms with Gasteiger partial charge in [0.25, 0.3) is 5.91 Å². The highest BCUT2D eigenvalue weighted by molar-refractivity contribution is 5.92. The maximum Gasteiger partial charge on any atom is 0.272 e. The van der Waals surface area contributed by atoms with Crippen LogP contribution in [0.2, 0.25) is 0 Å². The molecule has 1 amide bonds. The summed E-state index contributed by atoms with van der Waals surface area (Å²) in [5, 5.41) is 3.18. The van der Waals surface area contributed by atoms with E-state index >= 15 is 0 Å². The topological polar surface area (TPSA) is 61.4 Å². The number of amides is 1. The molecule has 1 aromatic carbocycles. The van der Waals surface area contributed by atoms with Gasteiger partial charge in [0.2, 0.25) is 5.95 Å². The standard InChI is InChI=1S/C21H29N5O/c1-14(2)22-21-23-16(4)13-18(24-21)20(27)26-11-9-25(10-12-26)19-8-6-7-15(3)17(19)5/h6-8,13-14H,9-12H2,1-5H3,(H,22,23,24). The van der Waals surface area contributed by atoms with Crippen LogP contribution in [0.3, 0.4) is 0 Å². The molecule has 0 unspecified atom stereocenters. The van der Waals surface area contributed by atoms with Crippen molar-refractivity contribution in [2.45, 2.75) is 40.7 Å². The van der Waals surface area contributed by atoms with Gasteiger partial charge in [0.1, 0.15) is 5.69 Å². The van der Waals surface area contributed by atoms with Crippen LogP contribution in [0.25, 0.3) is 0 Å². The van der Waals surface area contributed by atoms with Gasteiger partial charge in [-0.25, -0.2) is 9.97 Å². The quantitative estimate of drug-likeness (QED) is 0.899. The van der Waals surface area contributed by atoms with E-state index in [-0.39, 0.29) is 11.9 Å². The first-order chi connectivity index (χ1) is 12.8. The molecule has 0 radical (unpaired) electrons. The summed E-state index contributed by atoms with van der Waals surface area (Å²) in [6, 6.07) is 8.39. The molecule has 1 aromatic heterocycles. The molecule has 1 saturated heterocycles. The number of hydrogen-bond donors (Lipinski definition) is 1. The zero-order valence-electron chi connectivity index (χ0n) is 16.9. The summed E-state index contributed by atoms with van der Waals surface area (Å²) in [5.74, 6) is 0.496. The van der Waals surface area contributed by atoms with E-state index in [1.165, 1.54) is 16.8 Å². The third kappa shape index (κ3) is 4.38. The molecular weight excluding hydrogens is 338 g/mol. The number of nitrogens with zero attached hydrogens (tertiary/aromatic N) is 4. The van der Waals surface area contributed by atoms with Crippen LogP contribution in [-0.4, -0.2) is 53.0 Å². The molecule has 144 valence electrons. The van der Waals surface area contributed by atoms with Crippen LogP contribution in [0.4, 0.5) is 11.6 Å². The number of aryl methyl sites for hydroxylation is 2. The molecule has 0 atom stereocenters. The molecule has 1 fully saturated rings. The number of hydrogen-bond acceptors (Lipinski definition) is 5. The molecule has 1 aliphatic rings. The van der Waals surface area contributed by atoms with Gasteiger partial charge in [-0.1, -0.05) is 12.1 Å². The molecule has 3 rings (SSSR count). The van der Waals surface area contributed by atoms with E-state index in [1.807, 2.05) is 25.7 Å². The Hall–Kier alpha value is -2.63. The molecule has 0 spiro atoms. The maximum atomic E-state index is 12.9. The number of piperazine rings is 1. The number of rotatable bonds is 4. The highest BCUT2D eigenvalue weighted by Gasteiger charge is 2.24. The van der Waals surface area contributed by atoms with Crippen molar-refractivity contribution < 1.29 is 4.79 Å².